The van der Waals surface area contributed by atoms with Crippen LogP contribution in [0.1, 0.15) is 31.2 Å². The molecular formula is C13H14BrFO2. The quantitative estimate of drug-likeness (QED) is 0.922. The molecule has 0 unspecified atom stereocenters. The Morgan fingerprint density at radius 1 is 1.35 bits per heavy atom. The van der Waals surface area contributed by atoms with E-state index in [0.717, 1.165) is 18.4 Å². The van der Waals surface area contributed by atoms with E-state index in [9.17, 15) is 14.3 Å². The van der Waals surface area contributed by atoms with Crippen LogP contribution < -0.4 is 0 Å². The molecule has 2 nitrogen and oxygen atoms in total. The van der Waals surface area contributed by atoms with E-state index in [4.69, 9.17) is 0 Å². The predicted octanol–water partition coefficient (Wildman–Crippen LogP) is 3.78. The molecule has 92 valence electrons. The summed E-state index contributed by atoms with van der Waals surface area (Å²) < 4.78 is 13.9. The Kier molecular flexibility index (Phi) is 3.52. The van der Waals surface area contributed by atoms with Gasteiger partial charge in [0, 0.05) is 4.47 Å². The highest BCUT2D eigenvalue weighted by Gasteiger charge is 2.41. The number of hydrogen-bond acceptors (Lipinski definition) is 1. The van der Waals surface area contributed by atoms with Crippen molar-refractivity contribution < 1.29 is 14.3 Å². The van der Waals surface area contributed by atoms with E-state index >= 15 is 0 Å². The normalized spacial score (nSPS) is 18.2. The average molecular weight is 301 g/mol. The van der Waals surface area contributed by atoms with Gasteiger partial charge in [-0.1, -0.05) is 28.8 Å². The van der Waals surface area contributed by atoms with Crippen LogP contribution in [0.2, 0.25) is 0 Å². The molecule has 0 aliphatic heterocycles. The lowest BCUT2D eigenvalue weighted by Gasteiger charge is -2.23. The summed E-state index contributed by atoms with van der Waals surface area (Å²) in [7, 11) is 0. The first-order valence-corrected chi connectivity index (χ1v) is 6.49. The molecule has 0 amide bonds. The molecule has 1 fully saturated rings. The summed E-state index contributed by atoms with van der Waals surface area (Å²) in [6.07, 6.45) is 3.69. The molecule has 1 N–H and O–H groups in total. The third kappa shape index (κ3) is 2.68. The van der Waals surface area contributed by atoms with Gasteiger partial charge >= 0.3 is 5.97 Å². The zero-order valence-corrected chi connectivity index (χ0v) is 11.0. The first-order chi connectivity index (χ1) is 8.02. The minimum atomic E-state index is -0.754. The largest absolute Gasteiger partial charge is 0.481 e. The molecule has 0 radical (unpaired) electrons. The molecule has 17 heavy (non-hydrogen) atoms. The zero-order valence-electron chi connectivity index (χ0n) is 9.38. The fourth-order valence-corrected chi connectivity index (χ4v) is 3.13. The molecule has 1 aliphatic carbocycles. The molecule has 1 saturated carbocycles. The molecule has 1 aliphatic rings. The summed E-state index contributed by atoms with van der Waals surface area (Å²) in [5, 5.41) is 9.36. The number of halogens is 2. The van der Waals surface area contributed by atoms with E-state index in [2.05, 4.69) is 15.9 Å². The van der Waals surface area contributed by atoms with Gasteiger partial charge in [-0.15, -0.1) is 0 Å². The van der Waals surface area contributed by atoms with Gasteiger partial charge in [0.25, 0.3) is 0 Å². The van der Waals surface area contributed by atoms with Crippen LogP contribution in [-0.2, 0) is 11.2 Å². The van der Waals surface area contributed by atoms with E-state index in [1.165, 1.54) is 12.1 Å². The highest BCUT2D eigenvalue weighted by Crippen LogP contribution is 2.41. The van der Waals surface area contributed by atoms with Crippen molar-refractivity contribution in [1.29, 1.82) is 0 Å². The topological polar surface area (TPSA) is 37.3 Å². The Balaban J connectivity index is 2.26. The Hall–Kier alpha value is -0.900. The van der Waals surface area contributed by atoms with Crippen LogP contribution in [-0.4, -0.2) is 11.1 Å². The number of carboxylic acid groups (broad SMARTS) is 1. The fraction of sp³-hybridized carbons (Fsp3) is 0.462. The number of benzene rings is 1. The van der Waals surface area contributed by atoms with Crippen LogP contribution in [0.5, 0.6) is 0 Å². The number of carbonyl (C=O) groups is 1. The Morgan fingerprint density at radius 2 is 2.00 bits per heavy atom. The zero-order chi connectivity index (χ0) is 12.5. The van der Waals surface area contributed by atoms with E-state index in [-0.39, 0.29) is 5.82 Å². The average Bonchev–Trinajstić information content (AvgIpc) is 2.65. The maximum Gasteiger partial charge on any atom is 0.309 e. The first-order valence-electron chi connectivity index (χ1n) is 5.70. The number of aliphatic carboxylic acids is 1. The molecule has 0 atom stereocenters. The van der Waals surface area contributed by atoms with Gasteiger partial charge in [-0.25, -0.2) is 4.39 Å². The first kappa shape index (κ1) is 12.6. The molecule has 2 rings (SSSR count). The molecule has 0 heterocycles. The van der Waals surface area contributed by atoms with Crippen molar-refractivity contribution in [1.82, 2.24) is 0 Å². The summed E-state index contributed by atoms with van der Waals surface area (Å²) >= 11 is 3.23. The van der Waals surface area contributed by atoms with Crippen molar-refractivity contribution in [2.45, 2.75) is 32.1 Å². The minimum Gasteiger partial charge on any atom is -0.481 e. The van der Waals surface area contributed by atoms with Gasteiger partial charge in [-0.3, -0.25) is 4.79 Å². The van der Waals surface area contributed by atoms with Crippen molar-refractivity contribution in [3.8, 4) is 0 Å². The smallest absolute Gasteiger partial charge is 0.309 e. The van der Waals surface area contributed by atoms with E-state index < -0.39 is 11.4 Å². The number of carboxylic acids is 1. The van der Waals surface area contributed by atoms with Crippen molar-refractivity contribution >= 4 is 21.9 Å². The number of hydrogen-bond donors (Lipinski definition) is 1. The second kappa shape index (κ2) is 4.77. The molecule has 0 aromatic heterocycles. The maximum atomic E-state index is 13.3. The second-order valence-corrected chi connectivity index (χ2v) is 5.66. The summed E-state index contributed by atoms with van der Waals surface area (Å²) in [5.41, 5.74) is 0.0638. The molecule has 0 spiro atoms. The molecule has 1 aromatic carbocycles. The maximum absolute atomic E-state index is 13.3. The Labute approximate surface area is 108 Å². The summed E-state index contributed by atoms with van der Waals surface area (Å²) in [6.45, 7) is 0. The van der Waals surface area contributed by atoms with Gasteiger partial charge in [0.2, 0.25) is 0 Å². The van der Waals surface area contributed by atoms with Crippen molar-refractivity contribution in [2.75, 3.05) is 0 Å². The predicted molar refractivity (Wildman–Crippen MR) is 66.3 cm³/mol. The van der Waals surface area contributed by atoms with Crippen molar-refractivity contribution in [2.24, 2.45) is 5.41 Å². The van der Waals surface area contributed by atoms with Gasteiger partial charge in [-0.2, -0.15) is 0 Å². The number of rotatable bonds is 3. The highest BCUT2D eigenvalue weighted by atomic mass is 79.9. The van der Waals surface area contributed by atoms with Gasteiger partial charge in [-0.05, 0) is 43.0 Å². The van der Waals surface area contributed by atoms with E-state index in [1.54, 1.807) is 6.07 Å². The molecule has 4 heteroatoms. The van der Waals surface area contributed by atoms with Crippen molar-refractivity contribution in [3.05, 3.63) is 34.1 Å². The summed E-state index contributed by atoms with van der Waals surface area (Å²) in [6, 6.07) is 4.60. The van der Waals surface area contributed by atoms with Gasteiger partial charge < -0.3 is 5.11 Å². The molecule has 1 aromatic rings. The lowest BCUT2D eigenvalue weighted by atomic mass is 9.80. The van der Waals surface area contributed by atoms with Crippen LogP contribution in [0.3, 0.4) is 0 Å². The second-order valence-electron chi connectivity index (χ2n) is 4.75. The third-order valence-corrected chi connectivity index (χ3v) is 3.94. The van der Waals surface area contributed by atoms with E-state index in [0.29, 0.717) is 23.7 Å². The lowest BCUT2D eigenvalue weighted by Crippen LogP contribution is -2.30. The SMILES string of the molecule is O=C(O)C1(Cc2cc(F)cc(Br)c2)CCCC1. The van der Waals surface area contributed by atoms with Crippen LogP contribution in [0.15, 0.2) is 22.7 Å². The van der Waals surface area contributed by atoms with Crippen LogP contribution in [0.4, 0.5) is 4.39 Å². The molecular weight excluding hydrogens is 287 g/mol. The minimum absolute atomic E-state index is 0.326. The summed E-state index contributed by atoms with van der Waals surface area (Å²) in [5.74, 6) is -1.08. The molecule has 0 saturated heterocycles. The standard InChI is InChI=1S/C13H14BrFO2/c14-10-5-9(6-11(15)7-10)8-13(12(16)17)3-1-2-4-13/h5-7H,1-4,8H2,(H,16,17). The molecule has 0 bridgehead atoms. The highest BCUT2D eigenvalue weighted by molar-refractivity contribution is 9.10. The monoisotopic (exact) mass is 300 g/mol. The van der Waals surface area contributed by atoms with Gasteiger partial charge in [0.1, 0.15) is 5.82 Å². The van der Waals surface area contributed by atoms with Crippen LogP contribution in [0, 0.1) is 11.2 Å². The fourth-order valence-electron chi connectivity index (χ4n) is 2.62. The summed E-state index contributed by atoms with van der Waals surface area (Å²) in [4.78, 5) is 11.4. The third-order valence-electron chi connectivity index (χ3n) is 3.48. The van der Waals surface area contributed by atoms with E-state index in [1.807, 2.05) is 0 Å². The van der Waals surface area contributed by atoms with Crippen LogP contribution >= 0.6 is 15.9 Å². The van der Waals surface area contributed by atoms with Gasteiger partial charge in [0.15, 0.2) is 0 Å². The van der Waals surface area contributed by atoms with Crippen LogP contribution in [0.25, 0.3) is 0 Å². The Morgan fingerprint density at radius 3 is 2.53 bits per heavy atom. The van der Waals surface area contributed by atoms with Gasteiger partial charge in [0.05, 0.1) is 5.41 Å². The van der Waals surface area contributed by atoms with Crippen molar-refractivity contribution in [3.63, 3.8) is 0 Å². The lowest BCUT2D eigenvalue weighted by molar-refractivity contribution is -0.148. The Bertz CT molecular complexity index is 419.